The zero-order valence-electron chi connectivity index (χ0n) is 15.6. The molecule has 1 aliphatic heterocycles. The van der Waals surface area contributed by atoms with E-state index in [4.69, 9.17) is 10.5 Å². The Labute approximate surface area is 178 Å². The number of halogens is 1. The number of nitrogens with zero attached hydrogens (tertiary/aromatic N) is 3. The van der Waals surface area contributed by atoms with Gasteiger partial charge in [-0.2, -0.15) is 13.1 Å². The Morgan fingerprint density at radius 1 is 1.31 bits per heavy atom. The fourth-order valence-electron chi connectivity index (χ4n) is 4.26. The number of benzene rings is 1. The predicted molar refractivity (Wildman–Crippen MR) is 119 cm³/mol. The third-order valence-corrected chi connectivity index (χ3v) is 7.04. The molecule has 1 amide bonds. The molecule has 2 heterocycles. The van der Waals surface area contributed by atoms with Gasteiger partial charge in [-0.3, -0.25) is 4.79 Å². The van der Waals surface area contributed by atoms with Gasteiger partial charge in [0.15, 0.2) is 17.3 Å². The zero-order valence-corrected chi connectivity index (χ0v) is 17.8. The molecule has 1 aromatic heterocycles. The molecule has 4 unspecified atom stereocenters. The highest BCUT2D eigenvalue weighted by atomic mass is 127. The third kappa shape index (κ3) is 3.30. The summed E-state index contributed by atoms with van der Waals surface area (Å²) in [5, 5.41) is 6.69. The van der Waals surface area contributed by atoms with E-state index in [9.17, 15) is 4.79 Å². The highest BCUT2D eigenvalue weighted by Crippen LogP contribution is 2.47. The summed E-state index contributed by atoms with van der Waals surface area (Å²) in [5.74, 6) is 2.46. The standard InChI is InChI=1S/C19H20IN7O2/c1-29-12-4-2-3-11(8-12)22-19-24-17(15-18(25-19)27-20-26-15)23-14-10-6-5-9(7-10)13(14)16(21)28/h2-6,8-10,13-14H,7H2,1H3,(H2,21,28)(H3,22,23,24,25,26,27). The number of anilines is 4. The first-order valence-electron chi connectivity index (χ1n) is 9.30. The largest absolute Gasteiger partial charge is 0.497 e. The first kappa shape index (κ1) is 18.3. The highest BCUT2D eigenvalue weighted by molar-refractivity contribution is 14.2. The minimum Gasteiger partial charge on any atom is -0.497 e. The maximum Gasteiger partial charge on any atom is 0.231 e. The molecule has 29 heavy (non-hydrogen) atoms. The van der Waals surface area contributed by atoms with Crippen molar-refractivity contribution in [3.05, 3.63) is 36.4 Å². The summed E-state index contributed by atoms with van der Waals surface area (Å²) in [4.78, 5) is 21.3. The average Bonchev–Trinajstić information content (AvgIpc) is 3.44. The van der Waals surface area contributed by atoms with Gasteiger partial charge in [0.25, 0.3) is 0 Å². The van der Waals surface area contributed by atoms with E-state index in [2.05, 4.69) is 39.4 Å². The number of rotatable bonds is 6. The summed E-state index contributed by atoms with van der Waals surface area (Å²) >= 11 is -0.556. The number of carbonyl (C=O) groups is 1. The number of nitrogens with two attached hydrogens (primary N) is 1. The van der Waals surface area contributed by atoms with Crippen molar-refractivity contribution in [1.82, 2.24) is 9.97 Å². The maximum absolute atomic E-state index is 12.1. The number of hydrogen-bond donors (Lipinski definition) is 4. The number of amides is 1. The molecule has 3 aliphatic rings. The Morgan fingerprint density at radius 2 is 2.17 bits per heavy atom. The van der Waals surface area contributed by atoms with E-state index < -0.39 is 21.3 Å². The Kier molecular flexibility index (Phi) is 4.57. The summed E-state index contributed by atoms with van der Waals surface area (Å²) < 4.78 is 13.1. The van der Waals surface area contributed by atoms with Gasteiger partial charge < -0.3 is 24.6 Å². The Morgan fingerprint density at radius 3 is 3.00 bits per heavy atom. The van der Waals surface area contributed by atoms with Gasteiger partial charge in [0, 0.05) is 17.8 Å². The van der Waals surface area contributed by atoms with Crippen molar-refractivity contribution < 1.29 is 9.53 Å². The number of carbonyl (C=O) groups excluding carboxylic acids is 1. The van der Waals surface area contributed by atoms with Crippen LogP contribution in [0.15, 0.2) is 39.6 Å². The van der Waals surface area contributed by atoms with Crippen LogP contribution in [0.3, 0.4) is 0 Å². The molecule has 5 N–H and O–H groups in total. The number of primary amides is 1. The van der Waals surface area contributed by atoms with Crippen LogP contribution in [0, 0.1) is 17.8 Å². The fraction of sp³-hybridized carbons (Fsp3) is 0.316. The monoisotopic (exact) mass is 505 g/mol. The zero-order chi connectivity index (χ0) is 20.0. The minimum absolute atomic E-state index is 0.0832. The lowest BCUT2D eigenvalue weighted by atomic mass is 9.88. The molecular weight excluding hydrogens is 485 g/mol. The van der Waals surface area contributed by atoms with Crippen LogP contribution < -0.4 is 24.6 Å². The molecule has 2 bridgehead atoms. The maximum atomic E-state index is 12.1. The van der Waals surface area contributed by atoms with Crippen molar-refractivity contribution in [2.24, 2.45) is 26.6 Å². The van der Waals surface area contributed by atoms with E-state index in [-0.39, 0.29) is 29.7 Å². The van der Waals surface area contributed by atoms with Gasteiger partial charge in [0.2, 0.25) is 11.9 Å². The van der Waals surface area contributed by atoms with Crippen molar-refractivity contribution in [2.75, 3.05) is 21.3 Å². The van der Waals surface area contributed by atoms with Crippen LogP contribution in [0.1, 0.15) is 6.42 Å². The summed E-state index contributed by atoms with van der Waals surface area (Å²) in [6.07, 6.45) is 5.21. The number of fused-ring (bicyclic) bond motifs is 3. The van der Waals surface area contributed by atoms with Gasteiger partial charge in [-0.1, -0.05) is 18.2 Å². The summed E-state index contributed by atoms with van der Waals surface area (Å²) in [6.45, 7) is 0. The van der Waals surface area contributed by atoms with E-state index in [0.717, 1.165) is 23.5 Å². The SMILES string of the molecule is COc1cccc(Nc2nc3c(c(NC4C5C=CC(C5)C4C(N)=O)n2)N=IN3)c1. The van der Waals surface area contributed by atoms with Crippen LogP contribution in [0.4, 0.5) is 29.0 Å². The number of methoxy groups -OCH3 is 1. The lowest BCUT2D eigenvalue weighted by Crippen LogP contribution is -2.41. The first-order chi connectivity index (χ1) is 14.1. The smallest absolute Gasteiger partial charge is 0.231 e. The number of nitrogens with one attached hydrogen (secondary N) is 3. The predicted octanol–water partition coefficient (Wildman–Crippen LogP) is 3.44. The van der Waals surface area contributed by atoms with E-state index in [1.165, 1.54) is 0 Å². The molecule has 150 valence electrons. The van der Waals surface area contributed by atoms with Crippen molar-refractivity contribution in [1.29, 1.82) is 0 Å². The van der Waals surface area contributed by atoms with Crippen molar-refractivity contribution in [3.8, 4) is 5.75 Å². The third-order valence-electron chi connectivity index (χ3n) is 5.56. The molecule has 2 aliphatic carbocycles. The molecule has 2 aromatic rings. The van der Waals surface area contributed by atoms with Crippen LogP contribution in [-0.4, -0.2) is 29.0 Å². The fourth-order valence-corrected chi connectivity index (χ4v) is 5.68. The molecule has 0 radical (unpaired) electrons. The van der Waals surface area contributed by atoms with E-state index >= 15 is 0 Å². The van der Waals surface area contributed by atoms with Gasteiger partial charge >= 0.3 is 0 Å². The van der Waals surface area contributed by atoms with Crippen LogP contribution >= 0.6 is 21.3 Å². The number of aromatic nitrogens is 2. The van der Waals surface area contributed by atoms with Crippen molar-refractivity contribution in [3.63, 3.8) is 0 Å². The molecular formula is C19H20IN7O2. The van der Waals surface area contributed by atoms with Gasteiger partial charge in [-0.15, -0.1) is 0 Å². The van der Waals surface area contributed by atoms with Crippen molar-refractivity contribution >= 4 is 56.2 Å². The average molecular weight is 505 g/mol. The van der Waals surface area contributed by atoms with Crippen LogP contribution in [0.5, 0.6) is 5.75 Å². The molecule has 1 aromatic carbocycles. The lowest BCUT2D eigenvalue weighted by molar-refractivity contribution is -0.122. The molecule has 5 rings (SSSR count). The van der Waals surface area contributed by atoms with Crippen LogP contribution in [0.2, 0.25) is 0 Å². The van der Waals surface area contributed by atoms with E-state index in [0.29, 0.717) is 17.6 Å². The second kappa shape index (κ2) is 7.25. The Hall–Kier alpha value is -2.76. The first-order valence-corrected chi connectivity index (χ1v) is 11.3. The molecule has 1 saturated carbocycles. The van der Waals surface area contributed by atoms with Gasteiger partial charge in [0.1, 0.15) is 27.1 Å². The van der Waals surface area contributed by atoms with Crippen LogP contribution in [0.25, 0.3) is 0 Å². The molecule has 0 saturated heterocycles. The molecule has 1 fully saturated rings. The number of hydrogen-bond acceptors (Lipinski definition) is 8. The normalized spacial score (nSPS) is 25.8. The second-order valence-corrected chi connectivity index (χ2v) is 8.76. The summed E-state index contributed by atoms with van der Waals surface area (Å²) in [7, 11) is 1.63. The Bertz CT molecular complexity index is 1040. The van der Waals surface area contributed by atoms with Gasteiger partial charge in [0.05, 0.1) is 13.0 Å². The summed E-state index contributed by atoms with van der Waals surface area (Å²) in [6, 6.07) is 7.48. The van der Waals surface area contributed by atoms with Crippen molar-refractivity contribution in [2.45, 2.75) is 12.5 Å². The molecule has 10 heteroatoms. The topological polar surface area (TPSA) is 127 Å². The number of allylic oxidation sites excluding steroid dienone is 1. The van der Waals surface area contributed by atoms with Crippen LogP contribution in [-0.2, 0) is 4.79 Å². The molecule has 4 atom stereocenters. The Balaban J connectivity index is 1.46. The minimum atomic E-state index is -0.556. The van der Waals surface area contributed by atoms with E-state index in [1.54, 1.807) is 7.11 Å². The number of ether oxygens (including phenoxy) is 1. The quantitative estimate of drug-likeness (QED) is 0.269. The molecule has 0 spiro atoms. The second-order valence-electron chi connectivity index (χ2n) is 7.26. The summed E-state index contributed by atoms with van der Waals surface area (Å²) in [5.41, 5.74) is 7.24. The van der Waals surface area contributed by atoms with Gasteiger partial charge in [-0.05, 0) is 30.4 Å². The highest BCUT2D eigenvalue weighted by Gasteiger charge is 2.47. The molecule has 9 nitrogen and oxygen atoms in total. The van der Waals surface area contributed by atoms with E-state index in [1.807, 2.05) is 24.3 Å². The van der Waals surface area contributed by atoms with Gasteiger partial charge in [-0.25, -0.2) is 0 Å². The lowest BCUT2D eigenvalue weighted by Gasteiger charge is -2.27.